The van der Waals surface area contributed by atoms with Crippen LogP contribution in [0, 0.1) is 0 Å². The number of carbonyl (C=O) groups excluding carboxylic acids is 1. The second-order valence-electron chi connectivity index (χ2n) is 2.16. The van der Waals surface area contributed by atoms with Gasteiger partial charge in [0.15, 0.2) is 0 Å². The van der Waals surface area contributed by atoms with Gasteiger partial charge >= 0.3 is 5.97 Å². The molecule has 5 nitrogen and oxygen atoms in total. The third-order valence-electron chi connectivity index (χ3n) is 1.36. The maximum absolute atomic E-state index is 10.9. The summed E-state index contributed by atoms with van der Waals surface area (Å²) >= 11 is 0. The zero-order valence-electron chi connectivity index (χ0n) is 6.46. The summed E-state index contributed by atoms with van der Waals surface area (Å²) in [7, 11) is 1.24. The lowest BCUT2D eigenvalue weighted by atomic mass is 10.2. The second kappa shape index (κ2) is 3.08. The number of esters is 1. The first-order valence-electron chi connectivity index (χ1n) is 3.21. The van der Waals surface area contributed by atoms with Gasteiger partial charge in [0.25, 0.3) is 0 Å². The maximum atomic E-state index is 10.9. The molecule has 1 aromatic heterocycles. The lowest BCUT2D eigenvalue weighted by molar-refractivity contribution is 0.0601. The Hall–Kier alpha value is -1.78. The number of hydrogen-bond acceptors (Lipinski definition) is 4. The van der Waals surface area contributed by atoms with Gasteiger partial charge in [0, 0.05) is 12.3 Å². The van der Waals surface area contributed by atoms with Crippen molar-refractivity contribution in [1.82, 2.24) is 4.98 Å². The van der Waals surface area contributed by atoms with Gasteiger partial charge in [-0.2, -0.15) is 0 Å². The first-order chi connectivity index (χ1) is 5.65. The van der Waals surface area contributed by atoms with Crippen LogP contribution in [0.1, 0.15) is 10.4 Å². The molecule has 1 rings (SSSR count). The summed E-state index contributed by atoms with van der Waals surface area (Å²) in [5, 5.41) is 0. The zero-order chi connectivity index (χ0) is 9.14. The summed E-state index contributed by atoms with van der Waals surface area (Å²) in [6.45, 7) is 0. The van der Waals surface area contributed by atoms with E-state index in [0.717, 1.165) is 6.07 Å². The van der Waals surface area contributed by atoms with Crippen molar-refractivity contribution in [1.29, 1.82) is 0 Å². The number of nitrogens with one attached hydrogen (secondary N) is 1. The first kappa shape index (κ1) is 8.32. The molecule has 12 heavy (non-hydrogen) atoms. The number of pyridine rings is 1. The highest BCUT2D eigenvalue weighted by Crippen LogP contribution is 2.06. The van der Waals surface area contributed by atoms with Crippen LogP contribution in [-0.4, -0.2) is 18.1 Å². The molecule has 3 N–H and O–H groups in total. The molecule has 0 aromatic carbocycles. The van der Waals surface area contributed by atoms with Crippen LogP contribution in [0.25, 0.3) is 0 Å². The molecule has 0 aliphatic rings. The van der Waals surface area contributed by atoms with Crippen molar-refractivity contribution in [2.24, 2.45) is 0 Å². The number of anilines is 1. The molecule has 1 aromatic rings. The van der Waals surface area contributed by atoms with Gasteiger partial charge in [0.2, 0.25) is 5.56 Å². The summed E-state index contributed by atoms with van der Waals surface area (Å²) in [4.78, 5) is 23.9. The number of nitrogens with two attached hydrogens (primary N) is 1. The van der Waals surface area contributed by atoms with Gasteiger partial charge in [0.1, 0.15) is 0 Å². The number of aromatic amines is 1. The number of rotatable bonds is 1. The molecular formula is C7H8N2O3. The Morgan fingerprint density at radius 3 is 2.83 bits per heavy atom. The average molecular weight is 168 g/mol. The van der Waals surface area contributed by atoms with E-state index in [-0.39, 0.29) is 16.8 Å². The van der Waals surface area contributed by atoms with Crippen molar-refractivity contribution in [3.05, 3.63) is 28.2 Å². The van der Waals surface area contributed by atoms with E-state index >= 15 is 0 Å². The van der Waals surface area contributed by atoms with E-state index < -0.39 is 5.97 Å². The van der Waals surface area contributed by atoms with E-state index in [1.54, 1.807) is 0 Å². The number of ether oxygens (including phenoxy) is 1. The van der Waals surface area contributed by atoms with Gasteiger partial charge in [0.05, 0.1) is 18.4 Å². The Bertz CT molecular complexity index is 356. The first-order valence-corrected chi connectivity index (χ1v) is 3.21. The number of methoxy groups -OCH3 is 1. The van der Waals surface area contributed by atoms with Gasteiger partial charge < -0.3 is 15.5 Å². The lowest BCUT2D eigenvalue weighted by Gasteiger charge is -2.00. The average Bonchev–Trinajstić information content (AvgIpc) is 2.03. The monoisotopic (exact) mass is 168 g/mol. The van der Waals surface area contributed by atoms with Crippen LogP contribution in [-0.2, 0) is 4.74 Å². The normalized spacial score (nSPS) is 9.42. The number of carbonyl (C=O) groups is 1. The van der Waals surface area contributed by atoms with Crippen molar-refractivity contribution in [2.75, 3.05) is 12.8 Å². The molecule has 0 radical (unpaired) electrons. The van der Waals surface area contributed by atoms with Gasteiger partial charge in [-0.05, 0) is 0 Å². The van der Waals surface area contributed by atoms with E-state index in [1.165, 1.54) is 13.3 Å². The Balaban J connectivity index is 3.18. The smallest absolute Gasteiger partial charge is 0.341 e. The van der Waals surface area contributed by atoms with E-state index in [2.05, 4.69) is 9.72 Å². The van der Waals surface area contributed by atoms with Crippen LogP contribution in [0.4, 0.5) is 5.69 Å². The summed E-state index contributed by atoms with van der Waals surface area (Å²) in [6.07, 6.45) is 1.23. The van der Waals surface area contributed by atoms with Crippen molar-refractivity contribution in [2.45, 2.75) is 0 Å². The van der Waals surface area contributed by atoms with Crippen molar-refractivity contribution >= 4 is 11.7 Å². The minimum Gasteiger partial charge on any atom is -0.465 e. The molecule has 0 amide bonds. The van der Waals surface area contributed by atoms with Crippen LogP contribution in [0.2, 0.25) is 0 Å². The van der Waals surface area contributed by atoms with Crippen LogP contribution in [0.15, 0.2) is 17.1 Å². The summed E-state index contributed by atoms with van der Waals surface area (Å²) < 4.78 is 4.42. The number of H-pyrrole nitrogens is 1. The quantitative estimate of drug-likeness (QED) is 0.566. The summed E-state index contributed by atoms with van der Waals surface area (Å²) in [6, 6.07) is 1.13. The van der Waals surface area contributed by atoms with Crippen molar-refractivity contribution < 1.29 is 9.53 Å². The zero-order valence-corrected chi connectivity index (χ0v) is 6.46. The van der Waals surface area contributed by atoms with Gasteiger partial charge in [-0.1, -0.05) is 0 Å². The Labute approximate surface area is 68.2 Å². The molecule has 0 saturated heterocycles. The topological polar surface area (TPSA) is 85.2 Å². The van der Waals surface area contributed by atoms with Crippen molar-refractivity contribution in [3.8, 4) is 0 Å². The van der Waals surface area contributed by atoms with Gasteiger partial charge in [-0.25, -0.2) is 4.79 Å². The SMILES string of the molecule is COC(=O)c1c[nH]c(=O)cc1N. The Morgan fingerprint density at radius 1 is 1.67 bits per heavy atom. The fourth-order valence-electron chi connectivity index (χ4n) is 0.774. The van der Waals surface area contributed by atoms with E-state index in [9.17, 15) is 9.59 Å². The predicted octanol–water partition coefficient (Wildman–Crippen LogP) is -0.256. The van der Waals surface area contributed by atoms with E-state index in [0.29, 0.717) is 0 Å². The highest BCUT2D eigenvalue weighted by atomic mass is 16.5. The predicted molar refractivity (Wildman–Crippen MR) is 42.8 cm³/mol. The molecule has 0 bridgehead atoms. The molecule has 0 aliphatic heterocycles. The van der Waals surface area contributed by atoms with Crippen LogP contribution in [0.5, 0.6) is 0 Å². The highest BCUT2D eigenvalue weighted by Gasteiger charge is 2.08. The minimum absolute atomic E-state index is 0.116. The Morgan fingerprint density at radius 2 is 2.33 bits per heavy atom. The molecule has 0 atom stereocenters. The molecule has 1 heterocycles. The van der Waals surface area contributed by atoms with E-state index in [1.807, 2.05) is 0 Å². The molecule has 64 valence electrons. The molecule has 0 aliphatic carbocycles. The lowest BCUT2D eigenvalue weighted by Crippen LogP contribution is -2.12. The molecule has 5 heteroatoms. The fourth-order valence-corrected chi connectivity index (χ4v) is 0.774. The molecule has 0 saturated carbocycles. The van der Waals surface area contributed by atoms with Gasteiger partial charge in [-0.3, -0.25) is 4.79 Å². The second-order valence-corrected chi connectivity index (χ2v) is 2.16. The van der Waals surface area contributed by atoms with Crippen LogP contribution < -0.4 is 11.3 Å². The van der Waals surface area contributed by atoms with Crippen LogP contribution in [0.3, 0.4) is 0 Å². The minimum atomic E-state index is -0.566. The number of hydrogen-bond donors (Lipinski definition) is 2. The van der Waals surface area contributed by atoms with E-state index in [4.69, 9.17) is 5.73 Å². The third-order valence-corrected chi connectivity index (χ3v) is 1.36. The summed E-state index contributed by atoms with van der Waals surface area (Å²) in [5.41, 5.74) is 5.31. The maximum Gasteiger partial charge on any atom is 0.341 e. The summed E-state index contributed by atoms with van der Waals surface area (Å²) in [5.74, 6) is -0.566. The fraction of sp³-hybridized carbons (Fsp3) is 0.143. The van der Waals surface area contributed by atoms with Crippen LogP contribution >= 0.6 is 0 Å². The standard InChI is InChI=1S/C7H8N2O3/c1-12-7(11)4-3-9-6(10)2-5(4)8/h2-3H,1H3,(H3,8,9,10). The van der Waals surface area contributed by atoms with Gasteiger partial charge in [-0.15, -0.1) is 0 Å². The number of nitrogen functional groups attached to an aromatic ring is 1. The molecular weight excluding hydrogens is 160 g/mol. The molecule has 0 unspecified atom stereocenters. The molecule has 0 fully saturated rings. The molecule has 0 spiro atoms. The largest absolute Gasteiger partial charge is 0.465 e. The van der Waals surface area contributed by atoms with Crippen molar-refractivity contribution in [3.63, 3.8) is 0 Å². The highest BCUT2D eigenvalue weighted by molar-refractivity contribution is 5.94. The third kappa shape index (κ3) is 1.45. The Kier molecular flexibility index (Phi) is 2.14. The number of aromatic nitrogens is 1.